The molecule has 0 N–H and O–H groups in total. The highest BCUT2D eigenvalue weighted by Crippen LogP contribution is 2.64. The number of hydrogen-bond acceptors (Lipinski definition) is 3. The van der Waals surface area contributed by atoms with Gasteiger partial charge >= 0.3 is 5.97 Å². The number of esters is 1. The molecule has 2 aliphatic rings. The van der Waals surface area contributed by atoms with Crippen molar-refractivity contribution in [3.8, 4) is 0 Å². The Hall–Kier alpha value is -0.570. The first-order valence-corrected chi connectivity index (χ1v) is 4.35. The highest BCUT2D eigenvalue weighted by Gasteiger charge is 2.76. The number of Topliss-reactive ketones (excluding diaryl/α,β-unsaturated/α-hetero) is 1. The van der Waals surface area contributed by atoms with Crippen LogP contribution < -0.4 is 0 Å². The van der Waals surface area contributed by atoms with Crippen LogP contribution in [0.4, 0.5) is 0 Å². The monoisotopic (exact) mass is 188 g/mol. The van der Waals surface area contributed by atoms with Crippen LogP contribution in [-0.4, -0.2) is 24.2 Å². The molecule has 0 radical (unpaired) electrons. The van der Waals surface area contributed by atoms with Crippen LogP contribution in [0.25, 0.3) is 0 Å². The molecule has 3 atom stereocenters. The van der Waals surface area contributed by atoms with E-state index in [1.165, 1.54) is 7.11 Å². The van der Waals surface area contributed by atoms with Crippen molar-refractivity contribution in [2.45, 2.75) is 18.2 Å². The van der Waals surface area contributed by atoms with Gasteiger partial charge in [-0.25, -0.2) is 0 Å². The molecule has 0 heterocycles. The van der Waals surface area contributed by atoms with Crippen LogP contribution in [0, 0.1) is 11.3 Å². The molecule has 0 spiro atoms. The molecule has 4 heteroatoms. The summed E-state index contributed by atoms with van der Waals surface area (Å²) in [4.78, 5) is 22.6. The number of methoxy groups -OCH3 is 1. The minimum Gasteiger partial charge on any atom is -0.468 e. The molecular formula is C8H9ClO3. The van der Waals surface area contributed by atoms with Gasteiger partial charge in [0, 0.05) is 12.3 Å². The largest absolute Gasteiger partial charge is 0.468 e. The molecule has 0 aliphatic heterocycles. The minimum absolute atomic E-state index is 0.0408. The minimum atomic E-state index is -0.948. The zero-order valence-electron chi connectivity index (χ0n) is 6.67. The van der Waals surface area contributed by atoms with Crippen LogP contribution in [0.5, 0.6) is 0 Å². The van der Waals surface area contributed by atoms with Crippen LogP contribution >= 0.6 is 11.6 Å². The molecule has 66 valence electrons. The molecule has 0 bridgehead atoms. The van der Waals surface area contributed by atoms with Gasteiger partial charge in [0.2, 0.25) is 0 Å². The van der Waals surface area contributed by atoms with Crippen molar-refractivity contribution < 1.29 is 14.3 Å². The Bertz CT molecular complexity index is 263. The van der Waals surface area contributed by atoms with Crippen molar-refractivity contribution in [3.05, 3.63) is 0 Å². The van der Waals surface area contributed by atoms with Crippen molar-refractivity contribution >= 4 is 23.4 Å². The number of hydrogen-bond donors (Lipinski definition) is 0. The molecule has 0 amide bonds. The van der Waals surface area contributed by atoms with E-state index in [2.05, 4.69) is 4.74 Å². The van der Waals surface area contributed by atoms with Gasteiger partial charge in [-0.2, -0.15) is 0 Å². The van der Waals surface area contributed by atoms with Gasteiger partial charge in [0.25, 0.3) is 0 Å². The number of carbonyl (C=O) groups is 2. The number of fused-ring (bicyclic) bond motifs is 1. The second-order valence-electron chi connectivity index (χ2n) is 3.33. The highest BCUT2D eigenvalue weighted by atomic mass is 35.5. The molecular weight excluding hydrogens is 180 g/mol. The van der Waals surface area contributed by atoms with Crippen molar-refractivity contribution in [2.75, 3.05) is 7.11 Å². The van der Waals surface area contributed by atoms with Crippen molar-refractivity contribution in [1.82, 2.24) is 0 Å². The molecule has 0 saturated heterocycles. The maximum Gasteiger partial charge on any atom is 0.321 e. The van der Waals surface area contributed by atoms with Gasteiger partial charge in [0.1, 0.15) is 5.41 Å². The molecule has 2 aliphatic carbocycles. The molecule has 0 aromatic rings. The summed E-state index contributed by atoms with van der Waals surface area (Å²) >= 11 is 5.86. The molecule has 0 unspecified atom stereocenters. The van der Waals surface area contributed by atoms with Crippen molar-refractivity contribution in [2.24, 2.45) is 11.3 Å². The standard InChI is InChI=1S/C8H9ClO3/c1-12-7(11)8-4(6(8)9)2-3-5(8)10/h4,6H,2-3H2,1H3/t4-,6+,8-/m0/s1. The summed E-state index contributed by atoms with van der Waals surface area (Å²) < 4.78 is 4.58. The first kappa shape index (κ1) is 8.05. The quantitative estimate of drug-likeness (QED) is 0.347. The molecule has 3 nitrogen and oxygen atoms in total. The fourth-order valence-electron chi connectivity index (χ4n) is 2.19. The number of carbonyl (C=O) groups excluding carboxylic acids is 2. The summed E-state index contributed by atoms with van der Waals surface area (Å²) in [6, 6.07) is 0. The topological polar surface area (TPSA) is 43.4 Å². The lowest BCUT2D eigenvalue weighted by Crippen LogP contribution is -2.27. The van der Waals surface area contributed by atoms with E-state index < -0.39 is 11.4 Å². The number of ketones is 1. The summed E-state index contributed by atoms with van der Waals surface area (Å²) in [5, 5.41) is -0.314. The third-order valence-corrected chi connectivity index (χ3v) is 3.58. The highest BCUT2D eigenvalue weighted by molar-refractivity contribution is 6.31. The lowest BCUT2D eigenvalue weighted by molar-refractivity contribution is -0.150. The predicted molar refractivity (Wildman–Crippen MR) is 41.8 cm³/mol. The second kappa shape index (κ2) is 2.22. The van der Waals surface area contributed by atoms with Gasteiger partial charge in [0.05, 0.1) is 12.5 Å². The smallest absolute Gasteiger partial charge is 0.321 e. The normalized spacial score (nSPS) is 44.0. The Kier molecular flexibility index (Phi) is 1.49. The van der Waals surface area contributed by atoms with Crippen LogP contribution in [0.15, 0.2) is 0 Å². The third-order valence-electron chi connectivity index (χ3n) is 2.93. The van der Waals surface area contributed by atoms with E-state index in [1.54, 1.807) is 0 Å². The number of alkyl halides is 1. The first-order valence-electron chi connectivity index (χ1n) is 3.91. The van der Waals surface area contributed by atoms with E-state index >= 15 is 0 Å². The Morgan fingerprint density at radius 3 is 2.83 bits per heavy atom. The fourth-order valence-corrected chi connectivity index (χ4v) is 2.81. The van der Waals surface area contributed by atoms with Crippen molar-refractivity contribution in [1.29, 1.82) is 0 Å². The van der Waals surface area contributed by atoms with Gasteiger partial charge in [0.15, 0.2) is 5.78 Å². The zero-order valence-corrected chi connectivity index (χ0v) is 7.43. The van der Waals surface area contributed by atoms with E-state index in [0.717, 1.165) is 6.42 Å². The summed E-state index contributed by atoms with van der Waals surface area (Å²) in [7, 11) is 1.29. The SMILES string of the molecule is COC(=O)[C@]12C(=O)CC[C@H]1[C@H]2Cl. The average Bonchev–Trinajstić information content (AvgIpc) is 2.48. The lowest BCUT2D eigenvalue weighted by atomic mass is 10.0. The van der Waals surface area contributed by atoms with E-state index in [0.29, 0.717) is 6.42 Å². The Morgan fingerprint density at radius 1 is 1.75 bits per heavy atom. The Balaban J connectivity index is 2.31. The summed E-state index contributed by atoms with van der Waals surface area (Å²) in [6.07, 6.45) is 1.21. The first-order chi connectivity index (χ1) is 5.65. The van der Waals surface area contributed by atoms with Gasteiger partial charge < -0.3 is 4.74 Å². The lowest BCUT2D eigenvalue weighted by Gasteiger charge is -2.07. The Morgan fingerprint density at radius 2 is 2.42 bits per heavy atom. The zero-order chi connectivity index (χ0) is 8.93. The predicted octanol–water partition coefficient (Wildman–Crippen LogP) is 0.746. The molecule has 2 saturated carbocycles. The summed E-state index contributed by atoms with van der Waals surface area (Å²) in [5.41, 5.74) is -0.948. The second-order valence-corrected chi connectivity index (χ2v) is 3.80. The molecule has 0 aromatic carbocycles. The molecule has 0 aromatic heterocycles. The van der Waals surface area contributed by atoms with Crippen LogP contribution in [0.1, 0.15) is 12.8 Å². The average molecular weight is 189 g/mol. The Labute approximate surface area is 75.0 Å². The van der Waals surface area contributed by atoms with Gasteiger partial charge in [-0.1, -0.05) is 0 Å². The maximum atomic E-state index is 11.4. The van der Waals surface area contributed by atoms with E-state index in [4.69, 9.17) is 11.6 Å². The van der Waals surface area contributed by atoms with Gasteiger partial charge in [-0.05, 0) is 6.42 Å². The van der Waals surface area contributed by atoms with E-state index in [9.17, 15) is 9.59 Å². The molecule has 12 heavy (non-hydrogen) atoms. The van der Waals surface area contributed by atoms with E-state index in [-0.39, 0.29) is 17.1 Å². The van der Waals surface area contributed by atoms with Gasteiger partial charge in [-0.15, -0.1) is 11.6 Å². The molecule has 2 fully saturated rings. The summed E-state index contributed by atoms with van der Waals surface area (Å²) in [6.45, 7) is 0. The summed E-state index contributed by atoms with van der Waals surface area (Å²) in [5.74, 6) is -0.450. The molecule has 2 rings (SSSR count). The van der Waals surface area contributed by atoms with Crippen LogP contribution in [-0.2, 0) is 14.3 Å². The van der Waals surface area contributed by atoms with Gasteiger partial charge in [-0.3, -0.25) is 9.59 Å². The maximum absolute atomic E-state index is 11.4. The van der Waals surface area contributed by atoms with Crippen LogP contribution in [0.3, 0.4) is 0 Å². The van der Waals surface area contributed by atoms with E-state index in [1.807, 2.05) is 0 Å². The van der Waals surface area contributed by atoms with Crippen molar-refractivity contribution in [3.63, 3.8) is 0 Å². The third kappa shape index (κ3) is 0.637. The number of rotatable bonds is 1. The van der Waals surface area contributed by atoms with Crippen LogP contribution in [0.2, 0.25) is 0 Å². The number of halogens is 1. The fraction of sp³-hybridized carbons (Fsp3) is 0.750. The number of ether oxygens (including phenoxy) is 1.